The first-order chi connectivity index (χ1) is 12.5. The van der Waals surface area contributed by atoms with Gasteiger partial charge in [-0.25, -0.2) is 4.39 Å². The fourth-order valence-corrected chi connectivity index (χ4v) is 4.45. The Bertz CT molecular complexity index is 955. The minimum Gasteiger partial charge on any atom is -0.444 e. The molecular formula is C19H13FN4O2. The van der Waals surface area contributed by atoms with Gasteiger partial charge in [0.2, 0.25) is 17.1 Å². The highest BCUT2D eigenvalue weighted by atomic mass is 19.1. The Hall–Kier alpha value is -3.21. The Kier molecular flexibility index (Phi) is 3.22. The summed E-state index contributed by atoms with van der Waals surface area (Å²) in [5, 5.41) is 38.4. The molecule has 0 saturated carbocycles. The monoisotopic (exact) mass is 348 g/mol. The molecule has 2 bridgehead atoms. The van der Waals surface area contributed by atoms with Crippen LogP contribution in [-0.2, 0) is 9.47 Å². The van der Waals surface area contributed by atoms with Crippen LogP contribution < -0.4 is 0 Å². The lowest BCUT2D eigenvalue weighted by molar-refractivity contribution is -0.258. The summed E-state index contributed by atoms with van der Waals surface area (Å²) in [5.74, 6) is -3.07. The first-order valence-electron chi connectivity index (χ1n) is 8.12. The third-order valence-corrected chi connectivity index (χ3v) is 5.60. The van der Waals surface area contributed by atoms with Crippen LogP contribution in [-0.4, -0.2) is 11.7 Å². The molecule has 2 heterocycles. The van der Waals surface area contributed by atoms with Crippen LogP contribution in [0.25, 0.3) is 0 Å². The molecule has 1 N–H and O–H groups in total. The van der Waals surface area contributed by atoms with E-state index in [1.54, 1.807) is 6.08 Å². The molecule has 4 rings (SSSR count). The normalized spacial score (nSPS) is 36.2. The third kappa shape index (κ3) is 1.62. The number of nitrogens with one attached hydrogen (secondary N) is 1. The second-order valence-corrected chi connectivity index (χ2v) is 6.69. The number of nitriles is 3. The molecule has 4 atom stereocenters. The Labute approximate surface area is 149 Å². The van der Waals surface area contributed by atoms with Crippen molar-refractivity contribution in [3.05, 3.63) is 47.8 Å². The number of hydrogen-bond acceptors (Lipinski definition) is 6. The highest BCUT2D eigenvalue weighted by Crippen LogP contribution is 2.68. The van der Waals surface area contributed by atoms with E-state index in [0.29, 0.717) is 12.8 Å². The van der Waals surface area contributed by atoms with Crippen molar-refractivity contribution in [1.82, 2.24) is 0 Å². The van der Waals surface area contributed by atoms with E-state index in [0.717, 1.165) is 0 Å². The highest BCUT2D eigenvalue weighted by molar-refractivity contribution is 5.89. The molecule has 0 amide bonds. The van der Waals surface area contributed by atoms with E-state index < -0.39 is 40.4 Å². The first-order valence-corrected chi connectivity index (χ1v) is 8.12. The molecule has 1 aromatic rings. The predicted molar refractivity (Wildman–Crippen MR) is 85.3 cm³/mol. The van der Waals surface area contributed by atoms with Gasteiger partial charge in [0.05, 0.1) is 24.1 Å². The van der Waals surface area contributed by atoms with Crippen molar-refractivity contribution in [2.24, 2.45) is 16.7 Å². The van der Waals surface area contributed by atoms with Crippen molar-refractivity contribution in [2.75, 3.05) is 0 Å². The molecule has 0 radical (unpaired) electrons. The van der Waals surface area contributed by atoms with Crippen molar-refractivity contribution in [2.45, 2.75) is 24.7 Å². The molecule has 1 aromatic carbocycles. The van der Waals surface area contributed by atoms with E-state index in [2.05, 4.69) is 6.07 Å². The van der Waals surface area contributed by atoms with E-state index in [9.17, 15) is 20.2 Å². The fraction of sp³-hybridized carbons (Fsp3) is 0.368. The first kappa shape index (κ1) is 16.3. The Morgan fingerprint density at radius 3 is 2.62 bits per heavy atom. The number of halogens is 1. The van der Waals surface area contributed by atoms with Gasteiger partial charge < -0.3 is 9.47 Å². The van der Waals surface area contributed by atoms with Gasteiger partial charge in [0, 0.05) is 0 Å². The fourth-order valence-electron chi connectivity index (χ4n) is 4.45. The minimum absolute atomic E-state index is 0.253. The maximum absolute atomic E-state index is 13.8. The average molecular weight is 348 g/mol. The molecule has 0 spiro atoms. The standard InChI is InChI=1S/C19H13FN4O2/c20-13-5-3-4-12(8-13)15-17(9-21,10-22)18(11-23)14-6-1-2-7-19(14,25-15)26-16(18)24/h2-5,7-8,14-15,24H,1,6H2. The lowest BCUT2D eigenvalue weighted by Gasteiger charge is -2.49. The van der Waals surface area contributed by atoms with E-state index in [-0.39, 0.29) is 5.56 Å². The second-order valence-electron chi connectivity index (χ2n) is 6.69. The lowest BCUT2D eigenvalue weighted by atomic mass is 9.52. The van der Waals surface area contributed by atoms with E-state index >= 15 is 0 Å². The molecule has 26 heavy (non-hydrogen) atoms. The van der Waals surface area contributed by atoms with Gasteiger partial charge in [-0.1, -0.05) is 18.2 Å². The van der Waals surface area contributed by atoms with E-state index in [1.807, 2.05) is 18.2 Å². The lowest BCUT2D eigenvalue weighted by Crippen LogP contribution is -2.59. The third-order valence-electron chi connectivity index (χ3n) is 5.60. The van der Waals surface area contributed by atoms with Crippen LogP contribution in [0.5, 0.6) is 0 Å². The van der Waals surface area contributed by atoms with E-state index in [4.69, 9.17) is 14.9 Å². The van der Waals surface area contributed by atoms with Gasteiger partial charge in [-0.15, -0.1) is 0 Å². The molecule has 2 saturated heterocycles. The summed E-state index contributed by atoms with van der Waals surface area (Å²) in [4.78, 5) is 0. The van der Waals surface area contributed by atoms with Crippen LogP contribution in [0.15, 0.2) is 36.4 Å². The van der Waals surface area contributed by atoms with Crippen molar-refractivity contribution in [1.29, 1.82) is 21.2 Å². The number of hydrogen-bond donors (Lipinski definition) is 1. The van der Waals surface area contributed by atoms with Gasteiger partial charge in [0.1, 0.15) is 11.9 Å². The predicted octanol–water partition coefficient (Wildman–Crippen LogP) is 3.11. The molecular weight excluding hydrogens is 335 g/mol. The number of rotatable bonds is 1. The zero-order chi connectivity index (χ0) is 18.6. The van der Waals surface area contributed by atoms with Crippen LogP contribution in [0.4, 0.5) is 4.39 Å². The molecule has 128 valence electrons. The van der Waals surface area contributed by atoms with Gasteiger partial charge in [-0.05, 0) is 36.6 Å². The van der Waals surface area contributed by atoms with Gasteiger partial charge in [0.25, 0.3) is 0 Å². The van der Waals surface area contributed by atoms with Crippen molar-refractivity contribution < 1.29 is 13.9 Å². The quantitative estimate of drug-likeness (QED) is 0.783. The average Bonchev–Trinajstić information content (AvgIpc) is 2.86. The van der Waals surface area contributed by atoms with Crippen LogP contribution in [0, 0.1) is 62.0 Å². The van der Waals surface area contributed by atoms with Gasteiger partial charge >= 0.3 is 0 Å². The van der Waals surface area contributed by atoms with Crippen LogP contribution in [0.3, 0.4) is 0 Å². The molecule has 0 aromatic heterocycles. The van der Waals surface area contributed by atoms with E-state index in [1.165, 1.54) is 24.3 Å². The molecule has 4 unspecified atom stereocenters. The summed E-state index contributed by atoms with van der Waals surface area (Å²) < 4.78 is 25.6. The SMILES string of the molecule is N#CC1(C#N)C(c2cccc(F)c2)OC23C=CCCC2C1(C#N)C(=N)O3. The molecule has 2 fully saturated rings. The number of allylic oxidation sites excluding steroid dienone is 1. The van der Waals surface area contributed by atoms with Crippen molar-refractivity contribution >= 4 is 5.90 Å². The van der Waals surface area contributed by atoms with Crippen LogP contribution >= 0.6 is 0 Å². The second kappa shape index (κ2) is 5.14. The molecule has 3 aliphatic rings. The molecule has 2 aliphatic heterocycles. The number of ether oxygens (including phenoxy) is 2. The topological polar surface area (TPSA) is 114 Å². The number of benzene rings is 1. The maximum atomic E-state index is 13.8. The van der Waals surface area contributed by atoms with Crippen LogP contribution in [0.2, 0.25) is 0 Å². The molecule has 1 aliphatic carbocycles. The van der Waals surface area contributed by atoms with Gasteiger partial charge in [-0.2, -0.15) is 15.8 Å². The summed E-state index contributed by atoms with van der Waals surface area (Å²) in [5.41, 5.74) is -3.58. The zero-order valence-electron chi connectivity index (χ0n) is 13.6. The number of nitrogens with zero attached hydrogens (tertiary/aromatic N) is 3. The summed E-state index contributed by atoms with van der Waals surface area (Å²) in [7, 11) is 0. The van der Waals surface area contributed by atoms with Crippen LogP contribution in [0.1, 0.15) is 24.5 Å². The Morgan fingerprint density at radius 2 is 1.96 bits per heavy atom. The summed E-state index contributed by atoms with van der Waals surface area (Å²) in [6.07, 6.45) is 3.28. The van der Waals surface area contributed by atoms with Gasteiger partial charge in [-0.3, -0.25) is 5.41 Å². The summed E-state index contributed by atoms with van der Waals surface area (Å²) >= 11 is 0. The smallest absolute Gasteiger partial charge is 0.237 e. The van der Waals surface area contributed by atoms with Gasteiger partial charge in [0.15, 0.2) is 5.41 Å². The summed E-state index contributed by atoms with van der Waals surface area (Å²) in [6.45, 7) is 0. The Balaban J connectivity index is 2.04. The highest BCUT2D eigenvalue weighted by Gasteiger charge is 2.80. The minimum atomic E-state index is -2.04. The molecule has 7 heteroatoms. The molecule has 6 nitrogen and oxygen atoms in total. The summed E-state index contributed by atoms with van der Waals surface area (Å²) in [6, 6.07) is 11.3. The zero-order valence-corrected chi connectivity index (χ0v) is 13.6. The van der Waals surface area contributed by atoms with Crippen molar-refractivity contribution in [3.8, 4) is 18.2 Å². The maximum Gasteiger partial charge on any atom is 0.237 e. The Morgan fingerprint density at radius 1 is 1.19 bits per heavy atom. The van der Waals surface area contributed by atoms with Crippen molar-refractivity contribution in [3.63, 3.8) is 0 Å². The largest absolute Gasteiger partial charge is 0.444 e.